The average molecular weight is 470 g/mol. The van der Waals surface area contributed by atoms with Crippen LogP contribution in [-0.4, -0.2) is 50.3 Å². The number of sulfonamides is 1. The molecule has 0 saturated carbocycles. The minimum atomic E-state index is -3.55. The van der Waals surface area contributed by atoms with E-state index < -0.39 is 16.1 Å². The van der Waals surface area contributed by atoms with E-state index in [1.54, 1.807) is 36.1 Å². The Balaban J connectivity index is 1.49. The topological polar surface area (TPSA) is 96.0 Å². The summed E-state index contributed by atoms with van der Waals surface area (Å²) in [6, 6.07) is 11.0. The van der Waals surface area contributed by atoms with Crippen LogP contribution in [0.4, 0.5) is 11.4 Å². The van der Waals surface area contributed by atoms with E-state index in [-0.39, 0.29) is 16.7 Å². The lowest BCUT2D eigenvalue weighted by Gasteiger charge is -2.32. The molecule has 2 aliphatic heterocycles. The molecule has 0 bridgehead atoms. The summed E-state index contributed by atoms with van der Waals surface area (Å²) in [6.45, 7) is 6.78. The van der Waals surface area contributed by atoms with Gasteiger partial charge in [-0.15, -0.1) is 6.58 Å². The van der Waals surface area contributed by atoms with E-state index in [1.807, 2.05) is 0 Å². The Kier molecular flexibility index (Phi) is 6.53. The van der Waals surface area contributed by atoms with Gasteiger partial charge in [0.25, 0.3) is 11.8 Å². The zero-order valence-corrected chi connectivity index (χ0v) is 19.3. The number of piperidine rings is 1. The number of fused-ring (bicyclic) bond motifs is 1. The molecule has 1 N–H and O–H groups in total. The maximum Gasteiger partial charge on any atom is 0.268 e. The molecule has 33 heavy (non-hydrogen) atoms. The number of rotatable bonds is 6. The fraction of sp³-hybridized carbons (Fsp3) is 0.333. The Morgan fingerprint density at radius 3 is 2.52 bits per heavy atom. The molecular weight excluding hydrogens is 442 g/mol. The summed E-state index contributed by atoms with van der Waals surface area (Å²) in [5.41, 5.74) is 1.45. The summed E-state index contributed by atoms with van der Waals surface area (Å²) in [5, 5.41) is 2.80. The number of anilines is 2. The molecule has 0 aliphatic carbocycles. The third-order valence-corrected chi connectivity index (χ3v) is 7.72. The Hall–Kier alpha value is -3.17. The second kappa shape index (κ2) is 9.36. The van der Waals surface area contributed by atoms with Gasteiger partial charge in [-0.3, -0.25) is 9.59 Å². The zero-order valence-electron chi connectivity index (χ0n) is 18.5. The second-order valence-electron chi connectivity index (χ2n) is 8.12. The SMILES string of the molecule is C=CCN1C(=O)C(C)Oc2cc(NC(=O)c3ccc(S(=O)(=O)N4CCCCC4)cc3)ccc21. The fourth-order valence-corrected chi connectivity index (χ4v) is 5.56. The lowest BCUT2D eigenvalue weighted by atomic mass is 10.1. The van der Waals surface area contributed by atoms with Crippen molar-refractivity contribution in [1.82, 2.24) is 4.31 Å². The van der Waals surface area contributed by atoms with Gasteiger partial charge >= 0.3 is 0 Å². The highest BCUT2D eigenvalue weighted by molar-refractivity contribution is 7.89. The standard InChI is InChI=1S/C24H27N3O5S/c1-3-13-27-21-12-9-19(16-22(21)32-17(2)24(27)29)25-23(28)18-7-10-20(11-8-18)33(30,31)26-14-5-4-6-15-26/h3,7-12,16-17H,1,4-6,13-15H2,2H3,(H,25,28). The van der Waals surface area contributed by atoms with Crippen LogP contribution < -0.4 is 15.0 Å². The first-order valence-corrected chi connectivity index (χ1v) is 12.4. The van der Waals surface area contributed by atoms with Crippen molar-refractivity contribution in [2.75, 3.05) is 29.9 Å². The Morgan fingerprint density at radius 1 is 1.15 bits per heavy atom. The first-order chi connectivity index (χ1) is 15.8. The van der Waals surface area contributed by atoms with Crippen LogP contribution in [0.5, 0.6) is 5.75 Å². The predicted molar refractivity (Wildman–Crippen MR) is 126 cm³/mol. The number of carbonyl (C=O) groups excluding carboxylic acids is 2. The Labute approximate surface area is 193 Å². The lowest BCUT2D eigenvalue weighted by molar-refractivity contribution is -0.125. The Morgan fingerprint density at radius 2 is 1.85 bits per heavy atom. The summed E-state index contributed by atoms with van der Waals surface area (Å²) in [6.07, 6.45) is 3.77. The first-order valence-electron chi connectivity index (χ1n) is 11.0. The van der Waals surface area contributed by atoms with Crippen LogP contribution in [-0.2, 0) is 14.8 Å². The van der Waals surface area contributed by atoms with Crippen molar-refractivity contribution in [2.24, 2.45) is 0 Å². The van der Waals surface area contributed by atoms with Crippen LogP contribution in [0.2, 0.25) is 0 Å². The molecule has 2 amide bonds. The summed E-state index contributed by atoms with van der Waals surface area (Å²) >= 11 is 0. The first kappa shape index (κ1) is 23.0. The molecule has 174 valence electrons. The maximum atomic E-state index is 12.8. The molecule has 0 spiro atoms. The third kappa shape index (κ3) is 4.65. The van der Waals surface area contributed by atoms with Crippen molar-refractivity contribution in [3.63, 3.8) is 0 Å². The van der Waals surface area contributed by atoms with E-state index in [4.69, 9.17) is 4.74 Å². The van der Waals surface area contributed by atoms with Crippen molar-refractivity contribution in [3.05, 3.63) is 60.7 Å². The third-order valence-electron chi connectivity index (χ3n) is 5.81. The largest absolute Gasteiger partial charge is 0.479 e. The molecule has 2 aromatic rings. The van der Waals surface area contributed by atoms with Crippen LogP contribution in [0.15, 0.2) is 60.0 Å². The van der Waals surface area contributed by atoms with Gasteiger partial charge in [0.15, 0.2) is 6.10 Å². The van der Waals surface area contributed by atoms with Gasteiger partial charge in [-0.25, -0.2) is 8.42 Å². The molecule has 8 nitrogen and oxygen atoms in total. The number of nitrogens with zero attached hydrogens (tertiary/aromatic N) is 2. The number of benzene rings is 2. The molecular formula is C24H27N3O5S. The molecule has 1 saturated heterocycles. The van der Waals surface area contributed by atoms with Crippen molar-refractivity contribution in [1.29, 1.82) is 0 Å². The van der Waals surface area contributed by atoms with Crippen LogP contribution in [0.25, 0.3) is 0 Å². The van der Waals surface area contributed by atoms with Gasteiger partial charge in [0.2, 0.25) is 10.0 Å². The molecule has 9 heteroatoms. The van der Waals surface area contributed by atoms with Gasteiger partial charge < -0.3 is 15.0 Å². The highest BCUT2D eigenvalue weighted by Gasteiger charge is 2.31. The van der Waals surface area contributed by atoms with Gasteiger partial charge in [0.1, 0.15) is 5.75 Å². The number of amides is 2. The number of nitrogens with one attached hydrogen (secondary N) is 1. The number of carbonyl (C=O) groups is 2. The minimum Gasteiger partial charge on any atom is -0.479 e. The van der Waals surface area contributed by atoms with E-state index in [1.165, 1.54) is 28.6 Å². The highest BCUT2D eigenvalue weighted by Crippen LogP contribution is 2.36. The number of hydrogen-bond donors (Lipinski definition) is 1. The van der Waals surface area contributed by atoms with Crippen molar-refractivity contribution < 1.29 is 22.7 Å². The number of hydrogen-bond acceptors (Lipinski definition) is 5. The monoisotopic (exact) mass is 469 g/mol. The molecule has 2 aliphatic rings. The van der Waals surface area contributed by atoms with Crippen LogP contribution in [0.1, 0.15) is 36.5 Å². The fourth-order valence-electron chi connectivity index (χ4n) is 4.04. The van der Waals surface area contributed by atoms with Crippen LogP contribution in [0.3, 0.4) is 0 Å². The normalized spacial score (nSPS) is 18.9. The van der Waals surface area contributed by atoms with Crippen LogP contribution in [0, 0.1) is 0 Å². The van der Waals surface area contributed by atoms with Crippen molar-refractivity contribution in [3.8, 4) is 5.75 Å². The summed E-state index contributed by atoms with van der Waals surface area (Å²) < 4.78 is 32.8. The molecule has 1 fully saturated rings. The molecule has 4 rings (SSSR count). The molecule has 0 aromatic heterocycles. The van der Waals surface area contributed by atoms with E-state index in [0.717, 1.165) is 19.3 Å². The van der Waals surface area contributed by atoms with E-state index in [0.29, 0.717) is 42.3 Å². The average Bonchev–Trinajstić information content (AvgIpc) is 2.82. The number of ether oxygens (including phenoxy) is 1. The van der Waals surface area contributed by atoms with Gasteiger partial charge in [-0.05, 0) is 56.2 Å². The van der Waals surface area contributed by atoms with Gasteiger partial charge in [0, 0.05) is 37.0 Å². The molecule has 1 atom stereocenters. The van der Waals surface area contributed by atoms with Gasteiger partial charge in [0.05, 0.1) is 10.6 Å². The Bertz CT molecular complexity index is 1170. The molecule has 2 aromatic carbocycles. The smallest absolute Gasteiger partial charge is 0.268 e. The highest BCUT2D eigenvalue weighted by atomic mass is 32.2. The predicted octanol–water partition coefficient (Wildman–Crippen LogP) is 3.41. The van der Waals surface area contributed by atoms with Gasteiger partial charge in [-0.2, -0.15) is 4.31 Å². The minimum absolute atomic E-state index is 0.154. The lowest BCUT2D eigenvalue weighted by Crippen LogP contribution is -2.44. The quantitative estimate of drug-likeness (QED) is 0.654. The van der Waals surface area contributed by atoms with Gasteiger partial charge in [-0.1, -0.05) is 12.5 Å². The molecule has 1 unspecified atom stereocenters. The van der Waals surface area contributed by atoms with E-state index in [9.17, 15) is 18.0 Å². The second-order valence-corrected chi connectivity index (χ2v) is 10.1. The van der Waals surface area contributed by atoms with Crippen LogP contribution >= 0.6 is 0 Å². The molecule has 0 radical (unpaired) electrons. The summed E-state index contributed by atoms with van der Waals surface area (Å²) in [5.74, 6) is -0.0387. The zero-order chi connectivity index (χ0) is 23.6. The summed E-state index contributed by atoms with van der Waals surface area (Å²) in [4.78, 5) is 26.9. The molecule has 2 heterocycles. The van der Waals surface area contributed by atoms with Crippen molar-refractivity contribution >= 4 is 33.2 Å². The van der Waals surface area contributed by atoms with E-state index >= 15 is 0 Å². The maximum absolute atomic E-state index is 12.8. The summed E-state index contributed by atoms with van der Waals surface area (Å²) in [7, 11) is -3.55. The van der Waals surface area contributed by atoms with Crippen molar-refractivity contribution in [2.45, 2.75) is 37.2 Å². The van der Waals surface area contributed by atoms with E-state index in [2.05, 4.69) is 11.9 Å².